The topological polar surface area (TPSA) is 78.4 Å². The molecule has 0 radical (unpaired) electrons. The molecule has 10 heteroatoms. The van der Waals surface area contributed by atoms with E-state index in [4.69, 9.17) is 4.74 Å². The van der Waals surface area contributed by atoms with Crippen LogP contribution in [0.3, 0.4) is 0 Å². The van der Waals surface area contributed by atoms with Crippen molar-refractivity contribution in [3.63, 3.8) is 0 Å². The Morgan fingerprint density at radius 2 is 1.94 bits per heavy atom. The number of para-hydroxylation sites is 2. The number of guanidine groups is 1. The van der Waals surface area contributed by atoms with E-state index in [1.807, 2.05) is 24.0 Å². The van der Waals surface area contributed by atoms with Crippen molar-refractivity contribution in [2.45, 2.75) is 32.1 Å². The van der Waals surface area contributed by atoms with Gasteiger partial charge < -0.3 is 30.1 Å². The summed E-state index contributed by atoms with van der Waals surface area (Å²) in [6.45, 7) is 1.30. The fourth-order valence-corrected chi connectivity index (χ4v) is 3.63. The third-order valence-electron chi connectivity index (χ3n) is 5.22. The summed E-state index contributed by atoms with van der Waals surface area (Å²) in [4.78, 5) is 6.54. The van der Waals surface area contributed by atoms with Gasteiger partial charge in [0.2, 0.25) is 0 Å². The first-order valence-electron chi connectivity index (χ1n) is 10.7. The van der Waals surface area contributed by atoms with Crippen LogP contribution in [0, 0.1) is 0 Å². The summed E-state index contributed by atoms with van der Waals surface area (Å²) in [7, 11) is 1.60. The summed E-state index contributed by atoms with van der Waals surface area (Å²) < 4.78 is 35.3. The third kappa shape index (κ3) is 7.88. The van der Waals surface area contributed by atoms with Gasteiger partial charge in [0, 0.05) is 25.7 Å². The Bertz CT molecular complexity index is 886. The number of methoxy groups -OCH3 is 1. The van der Waals surface area contributed by atoms with Crippen molar-refractivity contribution in [1.82, 2.24) is 10.6 Å². The summed E-state index contributed by atoms with van der Waals surface area (Å²) in [6, 6.07) is 14.1. The molecule has 1 aliphatic rings. The average molecular weight is 576 g/mol. The van der Waals surface area contributed by atoms with E-state index in [1.165, 1.54) is 0 Å². The number of benzene rings is 2. The molecule has 182 valence electrons. The lowest BCUT2D eigenvalue weighted by Gasteiger charge is -2.22. The summed E-state index contributed by atoms with van der Waals surface area (Å²) in [5.41, 5.74) is 1.40. The molecule has 0 saturated carbocycles. The number of anilines is 1. The molecule has 2 unspecified atom stereocenters. The second-order valence-corrected chi connectivity index (χ2v) is 7.43. The van der Waals surface area contributed by atoms with E-state index in [2.05, 4.69) is 20.4 Å². The highest BCUT2D eigenvalue weighted by Gasteiger charge is 2.26. The quantitative estimate of drug-likeness (QED) is 0.240. The van der Waals surface area contributed by atoms with Crippen molar-refractivity contribution in [3.8, 4) is 11.5 Å². The molecule has 3 rings (SSSR count). The molecule has 0 amide bonds. The van der Waals surface area contributed by atoms with Crippen molar-refractivity contribution < 1.29 is 23.4 Å². The highest BCUT2D eigenvalue weighted by atomic mass is 127. The van der Waals surface area contributed by atoms with Crippen LogP contribution in [0.4, 0.5) is 14.5 Å². The van der Waals surface area contributed by atoms with E-state index >= 15 is 0 Å². The SMILES string of the molecule is CCNC(=NCC(O)c1ccc(OC)cc1)NC1CCN(c2ccccc2OC(F)F)C1.I. The van der Waals surface area contributed by atoms with Gasteiger partial charge >= 0.3 is 6.61 Å². The van der Waals surface area contributed by atoms with Crippen LogP contribution >= 0.6 is 24.0 Å². The second-order valence-electron chi connectivity index (χ2n) is 7.43. The van der Waals surface area contributed by atoms with Gasteiger partial charge in [0.25, 0.3) is 0 Å². The number of halogens is 3. The maximum atomic E-state index is 12.7. The molecule has 1 saturated heterocycles. The van der Waals surface area contributed by atoms with Gasteiger partial charge in [0.1, 0.15) is 11.5 Å². The van der Waals surface area contributed by atoms with Crippen LogP contribution < -0.4 is 25.0 Å². The van der Waals surface area contributed by atoms with Crippen LogP contribution in [-0.2, 0) is 0 Å². The van der Waals surface area contributed by atoms with Gasteiger partial charge in [-0.25, -0.2) is 0 Å². The predicted octanol–water partition coefficient (Wildman–Crippen LogP) is 3.78. The first-order valence-corrected chi connectivity index (χ1v) is 10.7. The van der Waals surface area contributed by atoms with Crippen molar-refractivity contribution in [3.05, 3.63) is 54.1 Å². The number of nitrogens with zero attached hydrogens (tertiary/aromatic N) is 2. The number of alkyl halides is 2. The maximum absolute atomic E-state index is 12.7. The van der Waals surface area contributed by atoms with E-state index in [1.54, 1.807) is 43.5 Å². The molecule has 2 atom stereocenters. The molecule has 7 nitrogen and oxygen atoms in total. The number of ether oxygens (including phenoxy) is 2. The van der Waals surface area contributed by atoms with E-state index in [9.17, 15) is 13.9 Å². The molecule has 1 heterocycles. The van der Waals surface area contributed by atoms with Crippen LogP contribution in [0.1, 0.15) is 25.0 Å². The van der Waals surface area contributed by atoms with Crippen LogP contribution in [0.2, 0.25) is 0 Å². The number of rotatable bonds is 9. The highest BCUT2D eigenvalue weighted by Crippen LogP contribution is 2.31. The number of hydrogen-bond acceptors (Lipinski definition) is 5. The summed E-state index contributed by atoms with van der Waals surface area (Å²) in [5, 5.41) is 17.0. The van der Waals surface area contributed by atoms with Gasteiger partial charge in [0.05, 0.1) is 25.4 Å². The maximum Gasteiger partial charge on any atom is 0.387 e. The Morgan fingerprint density at radius 1 is 1.21 bits per heavy atom. The molecule has 0 bridgehead atoms. The van der Waals surface area contributed by atoms with Crippen molar-refractivity contribution >= 4 is 35.6 Å². The lowest BCUT2D eigenvalue weighted by atomic mass is 10.1. The Hall–Kier alpha value is -2.34. The van der Waals surface area contributed by atoms with Crippen LogP contribution in [0.5, 0.6) is 11.5 Å². The van der Waals surface area contributed by atoms with Gasteiger partial charge in [-0.1, -0.05) is 24.3 Å². The lowest BCUT2D eigenvalue weighted by molar-refractivity contribution is -0.0495. The zero-order valence-electron chi connectivity index (χ0n) is 18.7. The fourth-order valence-electron chi connectivity index (χ4n) is 3.63. The number of hydrogen-bond donors (Lipinski definition) is 3. The first kappa shape index (κ1) is 26.9. The zero-order valence-corrected chi connectivity index (χ0v) is 21.0. The fraction of sp³-hybridized carbons (Fsp3) is 0.435. The minimum atomic E-state index is -2.86. The molecule has 0 aromatic heterocycles. The van der Waals surface area contributed by atoms with Crippen LogP contribution in [-0.4, -0.2) is 57.0 Å². The molecule has 3 N–H and O–H groups in total. The molecule has 2 aromatic rings. The molecular formula is C23H31F2IN4O3. The van der Waals surface area contributed by atoms with Gasteiger partial charge in [-0.3, -0.25) is 4.99 Å². The van der Waals surface area contributed by atoms with Gasteiger partial charge in [-0.2, -0.15) is 8.78 Å². The van der Waals surface area contributed by atoms with Crippen molar-refractivity contribution in [1.29, 1.82) is 0 Å². The summed E-state index contributed by atoms with van der Waals surface area (Å²) in [6.07, 6.45) is 0.0730. The Morgan fingerprint density at radius 3 is 2.61 bits per heavy atom. The summed E-state index contributed by atoms with van der Waals surface area (Å²) in [5.74, 6) is 1.50. The van der Waals surface area contributed by atoms with Crippen molar-refractivity contribution in [2.24, 2.45) is 4.99 Å². The van der Waals surface area contributed by atoms with E-state index < -0.39 is 12.7 Å². The van der Waals surface area contributed by atoms with E-state index in [-0.39, 0.29) is 42.3 Å². The van der Waals surface area contributed by atoms with Crippen LogP contribution in [0.15, 0.2) is 53.5 Å². The van der Waals surface area contributed by atoms with Crippen LogP contribution in [0.25, 0.3) is 0 Å². The first-order chi connectivity index (χ1) is 15.5. The minimum Gasteiger partial charge on any atom is -0.497 e. The average Bonchev–Trinajstić information content (AvgIpc) is 3.25. The number of aliphatic hydroxyl groups excluding tert-OH is 1. The minimum absolute atomic E-state index is 0. The lowest BCUT2D eigenvalue weighted by Crippen LogP contribution is -2.44. The molecule has 1 aliphatic heterocycles. The molecule has 0 spiro atoms. The van der Waals surface area contributed by atoms with Gasteiger partial charge in [-0.15, -0.1) is 24.0 Å². The van der Waals surface area contributed by atoms with Gasteiger partial charge in [-0.05, 0) is 43.2 Å². The molecule has 0 aliphatic carbocycles. The molecule has 2 aromatic carbocycles. The summed E-state index contributed by atoms with van der Waals surface area (Å²) >= 11 is 0. The molecule has 33 heavy (non-hydrogen) atoms. The highest BCUT2D eigenvalue weighted by molar-refractivity contribution is 14.0. The monoisotopic (exact) mass is 576 g/mol. The van der Waals surface area contributed by atoms with Gasteiger partial charge in [0.15, 0.2) is 5.96 Å². The molecular weight excluding hydrogens is 545 g/mol. The van der Waals surface area contributed by atoms with E-state index in [0.29, 0.717) is 31.3 Å². The van der Waals surface area contributed by atoms with Crippen molar-refractivity contribution in [2.75, 3.05) is 38.2 Å². The Kier molecular flexibility index (Phi) is 10.9. The largest absolute Gasteiger partial charge is 0.497 e. The number of aliphatic imine (C=N–C) groups is 1. The number of nitrogens with one attached hydrogen (secondary N) is 2. The molecule has 1 fully saturated rings. The van der Waals surface area contributed by atoms with E-state index in [0.717, 1.165) is 17.7 Å². The Labute approximate surface area is 210 Å². The third-order valence-corrected chi connectivity index (χ3v) is 5.22. The second kappa shape index (κ2) is 13.4. The standard InChI is InChI=1S/C23H30F2N4O3.HI/c1-3-26-23(27-14-20(30)16-8-10-18(31-2)11-9-16)28-17-12-13-29(15-17)19-6-4-5-7-21(19)32-22(24)25;/h4-11,17,20,22,30H,3,12-15H2,1-2H3,(H2,26,27,28);1H. The zero-order chi connectivity index (χ0) is 22.9. The smallest absolute Gasteiger partial charge is 0.387 e. The number of aliphatic hydroxyl groups is 1. The Balaban J connectivity index is 0.00000385. The normalized spacial score (nSPS) is 16.8. The predicted molar refractivity (Wildman–Crippen MR) is 136 cm³/mol.